The Morgan fingerprint density at radius 2 is 1.83 bits per heavy atom. The van der Waals surface area contributed by atoms with Crippen LogP contribution in [-0.2, 0) is 15.8 Å². The molecule has 0 fully saturated rings. The van der Waals surface area contributed by atoms with Gasteiger partial charge in [0.25, 0.3) is 5.91 Å². The van der Waals surface area contributed by atoms with Crippen molar-refractivity contribution in [3.8, 4) is 0 Å². The highest BCUT2D eigenvalue weighted by Gasteiger charge is 2.14. The van der Waals surface area contributed by atoms with Crippen molar-refractivity contribution in [3.63, 3.8) is 0 Å². The number of rotatable bonds is 5. The zero-order valence-corrected chi connectivity index (χ0v) is 13.5. The normalized spacial score (nSPS) is 11.5. The van der Waals surface area contributed by atoms with Gasteiger partial charge in [0.15, 0.2) is 0 Å². The molecule has 0 aliphatic heterocycles. The number of halogens is 1. The molecule has 1 heterocycles. The maximum atomic E-state index is 12.8. The number of amides is 1. The van der Waals surface area contributed by atoms with Gasteiger partial charge in [-0.2, -0.15) is 0 Å². The number of sulfonamides is 1. The van der Waals surface area contributed by atoms with E-state index in [9.17, 15) is 17.6 Å². The molecule has 122 valence electrons. The molecule has 0 saturated heterocycles. The lowest BCUT2D eigenvalue weighted by Crippen LogP contribution is -2.23. The first-order valence-corrected chi connectivity index (χ1v) is 8.31. The number of hydrogen-bond donors (Lipinski definition) is 1. The average molecular weight is 337 g/mol. The van der Waals surface area contributed by atoms with Crippen LogP contribution >= 0.6 is 0 Å². The van der Waals surface area contributed by atoms with Gasteiger partial charge >= 0.3 is 0 Å². The van der Waals surface area contributed by atoms with Crippen LogP contribution in [0.25, 0.3) is 0 Å². The molecule has 0 saturated carbocycles. The molecule has 0 atom stereocenters. The summed E-state index contributed by atoms with van der Waals surface area (Å²) in [6, 6.07) is 8.87. The number of nitrogens with one attached hydrogen (secondary N) is 1. The largest absolute Gasteiger partial charge is 0.321 e. The van der Waals surface area contributed by atoms with Crippen molar-refractivity contribution in [2.24, 2.45) is 0 Å². The molecule has 1 aromatic heterocycles. The topological polar surface area (TPSA) is 79.4 Å². The monoisotopic (exact) mass is 337 g/mol. The summed E-state index contributed by atoms with van der Waals surface area (Å²) in [5, 5.41) is 2.61. The van der Waals surface area contributed by atoms with Crippen molar-refractivity contribution in [1.82, 2.24) is 9.29 Å². The fraction of sp³-hybridized carbons (Fsp3) is 0.200. The molecule has 1 N–H and O–H groups in total. The second kappa shape index (κ2) is 6.84. The zero-order chi connectivity index (χ0) is 17.0. The van der Waals surface area contributed by atoms with E-state index < -0.39 is 21.7 Å². The SMILES string of the molecule is CN(C)S(=O)(=O)Cc1ccc(NC(=O)c2ccc(F)cn2)cc1. The molecule has 8 heteroatoms. The van der Waals surface area contributed by atoms with E-state index in [0.717, 1.165) is 16.6 Å². The third-order valence-corrected chi connectivity index (χ3v) is 4.89. The van der Waals surface area contributed by atoms with Crippen LogP contribution < -0.4 is 5.32 Å². The molecule has 23 heavy (non-hydrogen) atoms. The van der Waals surface area contributed by atoms with Crippen LogP contribution in [-0.4, -0.2) is 37.7 Å². The van der Waals surface area contributed by atoms with Crippen LogP contribution in [0.1, 0.15) is 16.1 Å². The number of pyridine rings is 1. The van der Waals surface area contributed by atoms with Crippen molar-refractivity contribution in [2.45, 2.75) is 5.75 Å². The number of carbonyl (C=O) groups excluding carboxylic acids is 1. The van der Waals surface area contributed by atoms with Gasteiger partial charge in [0.1, 0.15) is 11.5 Å². The Kier molecular flexibility index (Phi) is 5.07. The van der Waals surface area contributed by atoms with Crippen LogP contribution in [0.15, 0.2) is 42.6 Å². The summed E-state index contributed by atoms with van der Waals surface area (Å²) in [7, 11) is -0.390. The van der Waals surface area contributed by atoms with Gasteiger partial charge in [-0.3, -0.25) is 4.79 Å². The number of anilines is 1. The third-order valence-electron chi connectivity index (χ3n) is 3.08. The van der Waals surface area contributed by atoms with Crippen molar-refractivity contribution < 1.29 is 17.6 Å². The van der Waals surface area contributed by atoms with Crippen LogP contribution in [0.5, 0.6) is 0 Å². The molecule has 2 aromatic rings. The summed E-state index contributed by atoms with van der Waals surface area (Å²) in [6.45, 7) is 0. The lowest BCUT2D eigenvalue weighted by Gasteiger charge is -2.11. The Morgan fingerprint density at radius 3 is 2.35 bits per heavy atom. The molecule has 1 amide bonds. The van der Waals surface area contributed by atoms with E-state index >= 15 is 0 Å². The predicted octanol–water partition coefficient (Wildman–Crippen LogP) is 1.86. The lowest BCUT2D eigenvalue weighted by molar-refractivity contribution is 0.102. The summed E-state index contributed by atoms with van der Waals surface area (Å²) in [5.41, 5.74) is 1.19. The first-order valence-electron chi connectivity index (χ1n) is 6.70. The second-order valence-corrected chi connectivity index (χ2v) is 7.23. The summed E-state index contributed by atoms with van der Waals surface area (Å²) in [5.74, 6) is -1.11. The number of benzene rings is 1. The molecule has 6 nitrogen and oxygen atoms in total. The van der Waals surface area contributed by atoms with E-state index in [1.165, 1.54) is 20.2 Å². The van der Waals surface area contributed by atoms with Gasteiger partial charge in [0, 0.05) is 19.8 Å². The van der Waals surface area contributed by atoms with Crippen LogP contribution in [0, 0.1) is 5.82 Å². The molecule has 0 aliphatic carbocycles. The number of hydrogen-bond acceptors (Lipinski definition) is 4. The first kappa shape index (κ1) is 17.0. The summed E-state index contributed by atoms with van der Waals surface area (Å²) < 4.78 is 37.5. The smallest absolute Gasteiger partial charge is 0.274 e. The molecule has 0 unspecified atom stereocenters. The van der Waals surface area contributed by atoms with E-state index in [1.807, 2.05) is 0 Å². The molecule has 0 bridgehead atoms. The standard InChI is InChI=1S/C15H16FN3O3S/c1-19(2)23(21,22)10-11-3-6-13(7-4-11)18-15(20)14-8-5-12(16)9-17-14/h3-9H,10H2,1-2H3,(H,18,20). The number of aromatic nitrogens is 1. The minimum absolute atomic E-state index is 0.0886. The Morgan fingerprint density at radius 1 is 1.17 bits per heavy atom. The minimum Gasteiger partial charge on any atom is -0.321 e. The zero-order valence-electron chi connectivity index (χ0n) is 12.7. The highest BCUT2D eigenvalue weighted by molar-refractivity contribution is 7.88. The lowest BCUT2D eigenvalue weighted by atomic mass is 10.2. The molecule has 2 rings (SSSR count). The Labute approximate surface area is 134 Å². The van der Waals surface area contributed by atoms with Gasteiger partial charge in [-0.1, -0.05) is 12.1 Å². The maximum absolute atomic E-state index is 12.8. The third kappa shape index (κ3) is 4.57. The van der Waals surface area contributed by atoms with Gasteiger partial charge < -0.3 is 5.32 Å². The van der Waals surface area contributed by atoms with Gasteiger partial charge in [-0.05, 0) is 29.8 Å². The van der Waals surface area contributed by atoms with Gasteiger partial charge in [0.2, 0.25) is 10.0 Å². The van der Waals surface area contributed by atoms with E-state index in [4.69, 9.17) is 0 Å². The molecular formula is C15H16FN3O3S. The van der Waals surface area contributed by atoms with E-state index in [0.29, 0.717) is 11.3 Å². The first-order chi connectivity index (χ1) is 10.8. The Hall–Kier alpha value is -2.32. The summed E-state index contributed by atoms with van der Waals surface area (Å²) in [6.07, 6.45) is 0.962. The summed E-state index contributed by atoms with van der Waals surface area (Å²) in [4.78, 5) is 15.6. The molecule has 0 spiro atoms. The van der Waals surface area contributed by atoms with Crippen molar-refractivity contribution in [1.29, 1.82) is 0 Å². The van der Waals surface area contributed by atoms with E-state index in [2.05, 4.69) is 10.3 Å². The Balaban J connectivity index is 2.05. The predicted molar refractivity (Wildman–Crippen MR) is 84.9 cm³/mol. The number of carbonyl (C=O) groups is 1. The fourth-order valence-electron chi connectivity index (χ4n) is 1.73. The van der Waals surface area contributed by atoms with Gasteiger partial charge in [-0.15, -0.1) is 0 Å². The van der Waals surface area contributed by atoms with Gasteiger partial charge in [0.05, 0.1) is 11.9 Å². The van der Waals surface area contributed by atoms with Crippen LogP contribution in [0.3, 0.4) is 0 Å². The molecule has 0 radical (unpaired) electrons. The molecule has 0 aliphatic rings. The highest BCUT2D eigenvalue weighted by atomic mass is 32.2. The fourth-order valence-corrected chi connectivity index (χ4v) is 2.60. The van der Waals surface area contributed by atoms with E-state index in [1.54, 1.807) is 24.3 Å². The quantitative estimate of drug-likeness (QED) is 0.903. The number of nitrogens with zero attached hydrogens (tertiary/aromatic N) is 2. The second-order valence-electron chi connectivity index (χ2n) is 5.05. The van der Waals surface area contributed by atoms with Crippen molar-refractivity contribution >= 4 is 21.6 Å². The van der Waals surface area contributed by atoms with Crippen LogP contribution in [0.2, 0.25) is 0 Å². The Bertz CT molecular complexity index is 788. The average Bonchev–Trinajstić information content (AvgIpc) is 2.49. The highest BCUT2D eigenvalue weighted by Crippen LogP contribution is 2.14. The summed E-state index contributed by atoms with van der Waals surface area (Å²) >= 11 is 0. The van der Waals surface area contributed by atoms with Crippen molar-refractivity contribution in [2.75, 3.05) is 19.4 Å². The minimum atomic E-state index is -3.33. The van der Waals surface area contributed by atoms with Crippen LogP contribution in [0.4, 0.5) is 10.1 Å². The van der Waals surface area contributed by atoms with Gasteiger partial charge in [-0.25, -0.2) is 22.1 Å². The maximum Gasteiger partial charge on any atom is 0.274 e. The van der Waals surface area contributed by atoms with E-state index in [-0.39, 0.29) is 11.4 Å². The van der Waals surface area contributed by atoms with Crippen molar-refractivity contribution in [3.05, 3.63) is 59.7 Å². The molecule has 1 aromatic carbocycles. The molecular weight excluding hydrogens is 321 g/mol.